The molecule has 3 unspecified atom stereocenters. The SMILES string of the molecule is CCCCCCCCCCCCCCC(CC(=O)NC(CO)C(O)CCCCCCCCCCCCCC)OC(=O)CCCCCCCCCCCCC. The summed E-state index contributed by atoms with van der Waals surface area (Å²) in [6, 6.07) is -0.690. The Morgan fingerprint density at radius 2 is 0.778 bits per heavy atom. The van der Waals surface area contributed by atoms with E-state index in [0.29, 0.717) is 19.3 Å². The van der Waals surface area contributed by atoms with Crippen LogP contribution in [0.3, 0.4) is 0 Å². The fourth-order valence-electron chi connectivity index (χ4n) is 7.73. The molecule has 0 fully saturated rings. The second-order valence-corrected chi connectivity index (χ2v) is 16.9. The predicted octanol–water partition coefficient (Wildman–Crippen LogP) is 14.0. The Bertz CT molecular complexity index is 776. The smallest absolute Gasteiger partial charge is 0.306 e. The third kappa shape index (κ3) is 37.8. The van der Waals surface area contributed by atoms with Gasteiger partial charge in [0, 0.05) is 6.42 Å². The molecule has 0 rings (SSSR count). The summed E-state index contributed by atoms with van der Waals surface area (Å²) in [6.45, 7) is 6.49. The third-order valence-electron chi connectivity index (χ3n) is 11.4. The summed E-state index contributed by atoms with van der Waals surface area (Å²) >= 11 is 0. The van der Waals surface area contributed by atoms with Gasteiger partial charge in [0.2, 0.25) is 5.91 Å². The highest BCUT2D eigenvalue weighted by atomic mass is 16.5. The summed E-state index contributed by atoms with van der Waals surface area (Å²) in [7, 11) is 0. The number of aliphatic hydroxyl groups excluding tert-OH is 2. The fraction of sp³-hybridized carbons (Fsp3) is 0.958. The quantitative estimate of drug-likeness (QED) is 0.0424. The molecule has 0 aromatic carbocycles. The summed E-state index contributed by atoms with van der Waals surface area (Å²) in [5.41, 5.74) is 0. The first kappa shape index (κ1) is 52.9. The van der Waals surface area contributed by atoms with Gasteiger partial charge in [-0.2, -0.15) is 0 Å². The Kier molecular flexibility index (Phi) is 42.1. The number of hydrogen-bond donors (Lipinski definition) is 3. The van der Waals surface area contributed by atoms with Gasteiger partial charge in [0.1, 0.15) is 6.10 Å². The van der Waals surface area contributed by atoms with Crippen LogP contribution < -0.4 is 5.32 Å². The summed E-state index contributed by atoms with van der Waals surface area (Å²) in [4.78, 5) is 26.0. The minimum atomic E-state index is -0.777. The van der Waals surface area contributed by atoms with Gasteiger partial charge in [0.15, 0.2) is 0 Å². The van der Waals surface area contributed by atoms with Crippen molar-refractivity contribution in [3.8, 4) is 0 Å². The zero-order chi connectivity index (χ0) is 39.6. The van der Waals surface area contributed by atoms with Gasteiger partial charge in [-0.15, -0.1) is 0 Å². The summed E-state index contributed by atoms with van der Waals surface area (Å²) in [5.74, 6) is -0.456. The van der Waals surface area contributed by atoms with Crippen LogP contribution in [-0.2, 0) is 14.3 Å². The average molecular weight is 766 g/mol. The zero-order valence-electron chi connectivity index (χ0n) is 36.6. The van der Waals surface area contributed by atoms with Crippen LogP contribution in [0.1, 0.15) is 271 Å². The van der Waals surface area contributed by atoms with Crippen LogP contribution in [-0.4, -0.2) is 46.9 Å². The number of carbonyl (C=O) groups excluding carboxylic acids is 2. The maximum atomic E-state index is 13.1. The van der Waals surface area contributed by atoms with Crippen molar-refractivity contribution in [1.29, 1.82) is 0 Å². The van der Waals surface area contributed by atoms with E-state index in [4.69, 9.17) is 4.74 Å². The van der Waals surface area contributed by atoms with E-state index in [0.717, 1.165) is 44.9 Å². The molecule has 0 aliphatic carbocycles. The van der Waals surface area contributed by atoms with Gasteiger partial charge in [-0.25, -0.2) is 0 Å². The van der Waals surface area contributed by atoms with E-state index in [9.17, 15) is 19.8 Å². The topological polar surface area (TPSA) is 95.9 Å². The van der Waals surface area contributed by atoms with E-state index in [1.807, 2.05) is 0 Å². The predicted molar refractivity (Wildman–Crippen MR) is 232 cm³/mol. The molecule has 322 valence electrons. The molecule has 54 heavy (non-hydrogen) atoms. The highest BCUT2D eigenvalue weighted by Gasteiger charge is 2.24. The Balaban J connectivity index is 4.52. The van der Waals surface area contributed by atoms with Gasteiger partial charge < -0.3 is 20.3 Å². The summed E-state index contributed by atoms with van der Waals surface area (Å²) in [6.07, 6.45) is 44.4. The van der Waals surface area contributed by atoms with Gasteiger partial charge in [-0.1, -0.05) is 233 Å². The number of nitrogens with one attached hydrogen (secondary N) is 1. The molecule has 3 N–H and O–H groups in total. The van der Waals surface area contributed by atoms with Crippen molar-refractivity contribution in [2.45, 2.75) is 289 Å². The van der Waals surface area contributed by atoms with Crippen LogP contribution in [0.2, 0.25) is 0 Å². The lowest BCUT2D eigenvalue weighted by molar-refractivity contribution is -0.151. The third-order valence-corrected chi connectivity index (χ3v) is 11.4. The number of esters is 1. The van der Waals surface area contributed by atoms with Crippen molar-refractivity contribution >= 4 is 11.9 Å². The highest BCUT2D eigenvalue weighted by molar-refractivity contribution is 5.77. The number of carbonyl (C=O) groups is 2. The number of unbranched alkanes of at least 4 members (excludes halogenated alkanes) is 32. The van der Waals surface area contributed by atoms with Gasteiger partial charge in [0.05, 0.1) is 25.2 Å². The molecule has 0 radical (unpaired) electrons. The molecule has 0 aromatic heterocycles. The van der Waals surface area contributed by atoms with Crippen molar-refractivity contribution in [3.05, 3.63) is 0 Å². The normalized spacial score (nSPS) is 13.2. The fourth-order valence-corrected chi connectivity index (χ4v) is 7.73. The minimum absolute atomic E-state index is 0.0872. The van der Waals surface area contributed by atoms with Crippen LogP contribution >= 0.6 is 0 Å². The van der Waals surface area contributed by atoms with Gasteiger partial charge >= 0.3 is 5.97 Å². The van der Waals surface area contributed by atoms with E-state index in [1.165, 1.54) is 180 Å². The molecular weight excluding hydrogens is 671 g/mol. The maximum absolute atomic E-state index is 13.1. The first-order valence-corrected chi connectivity index (χ1v) is 24.3. The van der Waals surface area contributed by atoms with Crippen molar-refractivity contribution in [1.82, 2.24) is 5.32 Å². The second kappa shape index (κ2) is 43.0. The molecule has 3 atom stereocenters. The Hall–Kier alpha value is -1.14. The minimum Gasteiger partial charge on any atom is -0.462 e. The van der Waals surface area contributed by atoms with Crippen LogP contribution in [0, 0.1) is 0 Å². The lowest BCUT2D eigenvalue weighted by Gasteiger charge is -2.24. The summed E-state index contributed by atoms with van der Waals surface area (Å²) < 4.78 is 5.91. The maximum Gasteiger partial charge on any atom is 0.306 e. The van der Waals surface area contributed by atoms with E-state index < -0.39 is 18.2 Å². The highest BCUT2D eigenvalue weighted by Crippen LogP contribution is 2.18. The van der Waals surface area contributed by atoms with E-state index in [1.54, 1.807) is 0 Å². The number of ether oxygens (including phenoxy) is 1. The number of rotatable bonds is 44. The van der Waals surface area contributed by atoms with Gasteiger partial charge in [0.25, 0.3) is 0 Å². The molecule has 1 amide bonds. The molecular formula is C48H95NO5. The van der Waals surface area contributed by atoms with Crippen molar-refractivity contribution in [2.75, 3.05) is 6.61 Å². The van der Waals surface area contributed by atoms with Crippen LogP contribution in [0.25, 0.3) is 0 Å². The van der Waals surface area contributed by atoms with Crippen LogP contribution in [0.4, 0.5) is 0 Å². The number of hydrogen-bond acceptors (Lipinski definition) is 5. The molecule has 0 aliphatic heterocycles. The standard InChI is InChI=1S/C48H95NO5/c1-4-7-10-13-16-19-22-25-27-30-33-36-39-44(54-48(53)41-38-35-32-29-24-21-18-15-12-9-6-3)42-47(52)49-45(43-50)46(51)40-37-34-31-28-26-23-20-17-14-11-8-5-2/h44-46,50-51H,4-43H2,1-3H3,(H,49,52). The molecule has 0 bridgehead atoms. The first-order valence-electron chi connectivity index (χ1n) is 24.3. The Morgan fingerprint density at radius 3 is 1.13 bits per heavy atom. The molecule has 0 saturated heterocycles. The van der Waals surface area contributed by atoms with Crippen LogP contribution in [0.5, 0.6) is 0 Å². The zero-order valence-corrected chi connectivity index (χ0v) is 36.6. The van der Waals surface area contributed by atoms with Crippen molar-refractivity contribution in [2.24, 2.45) is 0 Å². The molecule has 0 aliphatic rings. The Morgan fingerprint density at radius 1 is 0.463 bits per heavy atom. The molecule has 0 aromatic rings. The summed E-state index contributed by atoms with van der Waals surface area (Å²) in [5, 5.41) is 23.7. The van der Waals surface area contributed by atoms with Gasteiger partial charge in [-0.05, 0) is 25.7 Å². The van der Waals surface area contributed by atoms with E-state index >= 15 is 0 Å². The molecule has 0 saturated carbocycles. The number of aliphatic hydroxyl groups is 2. The molecule has 6 nitrogen and oxygen atoms in total. The number of amides is 1. The van der Waals surface area contributed by atoms with E-state index in [2.05, 4.69) is 26.1 Å². The molecule has 0 spiro atoms. The molecule has 0 heterocycles. The average Bonchev–Trinajstić information content (AvgIpc) is 3.16. The van der Waals surface area contributed by atoms with Crippen LogP contribution in [0.15, 0.2) is 0 Å². The van der Waals surface area contributed by atoms with Crippen molar-refractivity contribution < 1.29 is 24.5 Å². The lowest BCUT2D eigenvalue weighted by Crippen LogP contribution is -2.46. The first-order chi connectivity index (χ1) is 26.5. The van der Waals surface area contributed by atoms with Crippen molar-refractivity contribution in [3.63, 3.8) is 0 Å². The van der Waals surface area contributed by atoms with E-state index in [-0.39, 0.29) is 24.9 Å². The molecule has 6 heteroatoms. The lowest BCUT2D eigenvalue weighted by atomic mass is 10.0. The van der Waals surface area contributed by atoms with Gasteiger partial charge in [-0.3, -0.25) is 9.59 Å². The second-order valence-electron chi connectivity index (χ2n) is 16.9. The Labute approximate surface area is 336 Å². The monoisotopic (exact) mass is 766 g/mol. The largest absolute Gasteiger partial charge is 0.462 e.